The molecular formula is C11H14N2. The number of nitrogens with zero attached hydrogens (tertiary/aromatic N) is 1. The van der Waals surface area contributed by atoms with E-state index in [1.54, 1.807) is 0 Å². The summed E-state index contributed by atoms with van der Waals surface area (Å²) in [6.45, 7) is 0.770. The molecule has 2 aromatic heterocycles. The fourth-order valence-corrected chi connectivity index (χ4v) is 1.56. The molecule has 2 N–H and O–H groups in total. The first kappa shape index (κ1) is 8.32. The SMILES string of the molecule is NCCCc1cc2ccccn2c1. The molecule has 2 rings (SSSR count). The van der Waals surface area contributed by atoms with Crippen LogP contribution in [0.25, 0.3) is 5.52 Å². The largest absolute Gasteiger partial charge is 0.330 e. The van der Waals surface area contributed by atoms with Crippen LogP contribution >= 0.6 is 0 Å². The first-order chi connectivity index (χ1) is 6.40. The zero-order valence-electron chi connectivity index (χ0n) is 7.61. The summed E-state index contributed by atoms with van der Waals surface area (Å²) in [7, 11) is 0. The van der Waals surface area contributed by atoms with E-state index in [2.05, 4.69) is 35.0 Å². The van der Waals surface area contributed by atoms with E-state index in [-0.39, 0.29) is 0 Å². The Morgan fingerprint density at radius 3 is 3.00 bits per heavy atom. The van der Waals surface area contributed by atoms with Crippen molar-refractivity contribution in [2.75, 3.05) is 6.54 Å². The number of hydrogen-bond donors (Lipinski definition) is 1. The maximum Gasteiger partial charge on any atom is 0.0452 e. The van der Waals surface area contributed by atoms with Crippen LogP contribution in [0.4, 0.5) is 0 Å². The van der Waals surface area contributed by atoms with Gasteiger partial charge in [-0.15, -0.1) is 0 Å². The number of fused-ring (bicyclic) bond motifs is 1. The maximum atomic E-state index is 5.46. The molecule has 0 fully saturated rings. The molecule has 2 nitrogen and oxygen atoms in total. The van der Waals surface area contributed by atoms with Gasteiger partial charge in [-0.25, -0.2) is 0 Å². The second kappa shape index (κ2) is 3.62. The topological polar surface area (TPSA) is 30.4 Å². The molecule has 2 heterocycles. The van der Waals surface area contributed by atoms with Gasteiger partial charge in [-0.3, -0.25) is 0 Å². The van der Waals surface area contributed by atoms with Crippen molar-refractivity contribution in [3.05, 3.63) is 42.2 Å². The van der Waals surface area contributed by atoms with Gasteiger partial charge in [-0.05, 0) is 43.1 Å². The van der Waals surface area contributed by atoms with E-state index < -0.39 is 0 Å². The second-order valence-corrected chi connectivity index (χ2v) is 3.27. The third-order valence-corrected chi connectivity index (χ3v) is 2.23. The van der Waals surface area contributed by atoms with Gasteiger partial charge >= 0.3 is 0 Å². The normalized spacial score (nSPS) is 10.8. The molecular weight excluding hydrogens is 160 g/mol. The van der Waals surface area contributed by atoms with Crippen molar-refractivity contribution in [1.29, 1.82) is 0 Å². The summed E-state index contributed by atoms with van der Waals surface area (Å²) < 4.78 is 2.14. The molecule has 0 aliphatic rings. The van der Waals surface area contributed by atoms with Gasteiger partial charge < -0.3 is 10.1 Å². The first-order valence-electron chi connectivity index (χ1n) is 4.66. The average molecular weight is 174 g/mol. The molecule has 0 unspecified atom stereocenters. The minimum absolute atomic E-state index is 0.770. The molecule has 0 aromatic carbocycles. The second-order valence-electron chi connectivity index (χ2n) is 3.27. The highest BCUT2D eigenvalue weighted by molar-refractivity contribution is 5.50. The molecule has 0 saturated carbocycles. The lowest BCUT2D eigenvalue weighted by atomic mass is 10.2. The number of hydrogen-bond acceptors (Lipinski definition) is 1. The van der Waals surface area contributed by atoms with Crippen LogP contribution < -0.4 is 5.73 Å². The Labute approximate surface area is 78.0 Å². The minimum atomic E-state index is 0.770. The van der Waals surface area contributed by atoms with E-state index in [0.717, 1.165) is 19.4 Å². The lowest BCUT2D eigenvalue weighted by Crippen LogP contribution is -1.99. The van der Waals surface area contributed by atoms with Crippen LogP contribution in [0.1, 0.15) is 12.0 Å². The quantitative estimate of drug-likeness (QED) is 0.756. The Morgan fingerprint density at radius 2 is 2.23 bits per heavy atom. The van der Waals surface area contributed by atoms with Gasteiger partial charge in [-0.2, -0.15) is 0 Å². The molecule has 2 heteroatoms. The average Bonchev–Trinajstić information content (AvgIpc) is 2.57. The maximum absolute atomic E-state index is 5.46. The Morgan fingerprint density at radius 1 is 1.31 bits per heavy atom. The zero-order chi connectivity index (χ0) is 9.10. The minimum Gasteiger partial charge on any atom is -0.330 e. The highest BCUT2D eigenvalue weighted by atomic mass is 14.8. The molecule has 0 aliphatic carbocycles. The Hall–Kier alpha value is -1.28. The monoisotopic (exact) mass is 174 g/mol. The molecule has 2 aromatic rings. The summed E-state index contributed by atoms with van der Waals surface area (Å²) in [6.07, 6.45) is 6.39. The molecule has 0 aliphatic heterocycles. The Balaban J connectivity index is 2.28. The molecule has 0 radical (unpaired) electrons. The van der Waals surface area contributed by atoms with Gasteiger partial charge in [0.05, 0.1) is 0 Å². The van der Waals surface area contributed by atoms with Crippen LogP contribution in [-0.4, -0.2) is 10.9 Å². The van der Waals surface area contributed by atoms with E-state index in [4.69, 9.17) is 5.73 Å². The fourth-order valence-electron chi connectivity index (χ4n) is 1.56. The van der Waals surface area contributed by atoms with E-state index in [9.17, 15) is 0 Å². The van der Waals surface area contributed by atoms with Crippen LogP contribution in [0.15, 0.2) is 36.7 Å². The zero-order valence-corrected chi connectivity index (χ0v) is 7.61. The van der Waals surface area contributed by atoms with E-state index >= 15 is 0 Å². The lowest BCUT2D eigenvalue weighted by Gasteiger charge is -1.91. The van der Waals surface area contributed by atoms with Crippen LogP contribution in [0.3, 0.4) is 0 Å². The van der Waals surface area contributed by atoms with Crippen molar-refractivity contribution < 1.29 is 0 Å². The third-order valence-electron chi connectivity index (χ3n) is 2.23. The summed E-state index contributed by atoms with van der Waals surface area (Å²) in [5.41, 5.74) is 8.09. The first-order valence-corrected chi connectivity index (χ1v) is 4.66. The fraction of sp³-hybridized carbons (Fsp3) is 0.273. The van der Waals surface area contributed by atoms with E-state index in [1.165, 1.54) is 11.1 Å². The molecule has 13 heavy (non-hydrogen) atoms. The molecule has 0 saturated heterocycles. The highest BCUT2D eigenvalue weighted by Gasteiger charge is 1.97. The molecule has 0 amide bonds. The smallest absolute Gasteiger partial charge is 0.0452 e. The van der Waals surface area contributed by atoms with Crippen LogP contribution in [0.5, 0.6) is 0 Å². The van der Waals surface area contributed by atoms with Crippen molar-refractivity contribution in [2.24, 2.45) is 5.73 Å². The summed E-state index contributed by atoms with van der Waals surface area (Å²) in [5.74, 6) is 0. The summed E-state index contributed by atoms with van der Waals surface area (Å²) >= 11 is 0. The van der Waals surface area contributed by atoms with E-state index in [1.807, 2.05) is 6.07 Å². The van der Waals surface area contributed by atoms with Gasteiger partial charge in [0.15, 0.2) is 0 Å². The van der Waals surface area contributed by atoms with E-state index in [0.29, 0.717) is 0 Å². The molecule has 0 atom stereocenters. The van der Waals surface area contributed by atoms with Gasteiger partial charge in [0.1, 0.15) is 0 Å². The predicted molar refractivity (Wildman–Crippen MR) is 54.8 cm³/mol. The van der Waals surface area contributed by atoms with Crippen LogP contribution in [-0.2, 0) is 6.42 Å². The van der Waals surface area contributed by atoms with Crippen molar-refractivity contribution in [2.45, 2.75) is 12.8 Å². The van der Waals surface area contributed by atoms with Crippen LogP contribution in [0.2, 0.25) is 0 Å². The molecule has 68 valence electrons. The summed E-state index contributed by atoms with van der Waals surface area (Å²) in [6, 6.07) is 8.43. The number of rotatable bonds is 3. The van der Waals surface area contributed by atoms with Crippen LogP contribution in [0, 0.1) is 0 Å². The van der Waals surface area contributed by atoms with Crippen molar-refractivity contribution in [3.8, 4) is 0 Å². The third kappa shape index (κ3) is 1.73. The molecule has 0 bridgehead atoms. The summed E-state index contributed by atoms with van der Waals surface area (Å²) in [5, 5.41) is 0. The highest BCUT2D eigenvalue weighted by Crippen LogP contribution is 2.10. The molecule has 0 spiro atoms. The standard InChI is InChI=1S/C11H14N2/c12-6-3-4-10-8-11-5-1-2-7-13(11)9-10/h1-2,5,7-9H,3-4,6,12H2. The Bertz CT molecular complexity index is 357. The van der Waals surface area contributed by atoms with Crippen molar-refractivity contribution >= 4 is 5.52 Å². The Kier molecular flexibility index (Phi) is 2.32. The number of pyridine rings is 1. The number of aromatic nitrogens is 1. The summed E-state index contributed by atoms with van der Waals surface area (Å²) in [4.78, 5) is 0. The predicted octanol–water partition coefficient (Wildman–Crippen LogP) is 1.83. The van der Waals surface area contributed by atoms with Crippen molar-refractivity contribution in [1.82, 2.24) is 4.40 Å². The lowest BCUT2D eigenvalue weighted by molar-refractivity contribution is 0.832. The van der Waals surface area contributed by atoms with Gasteiger partial charge in [-0.1, -0.05) is 6.07 Å². The number of nitrogens with two attached hydrogens (primary N) is 1. The van der Waals surface area contributed by atoms with Gasteiger partial charge in [0.2, 0.25) is 0 Å². The number of aryl methyl sites for hydroxylation is 1. The van der Waals surface area contributed by atoms with Gasteiger partial charge in [0, 0.05) is 17.9 Å². The van der Waals surface area contributed by atoms with Crippen molar-refractivity contribution in [3.63, 3.8) is 0 Å². The van der Waals surface area contributed by atoms with Gasteiger partial charge in [0.25, 0.3) is 0 Å².